The van der Waals surface area contributed by atoms with Crippen LogP contribution in [-0.4, -0.2) is 30.7 Å². The summed E-state index contributed by atoms with van der Waals surface area (Å²) in [5.74, 6) is 0. The topological polar surface area (TPSA) is 80.3 Å². The van der Waals surface area contributed by atoms with Crippen molar-refractivity contribution in [2.75, 3.05) is 0 Å². The molecule has 0 atom stereocenters. The fourth-order valence-electron chi connectivity index (χ4n) is 0. The van der Waals surface area contributed by atoms with Crippen LogP contribution in [0.3, 0.4) is 0 Å². The molecule has 0 radical (unpaired) electrons. The van der Waals surface area contributed by atoms with Crippen LogP contribution in [0.1, 0.15) is 0 Å². The van der Waals surface area contributed by atoms with E-state index in [0.717, 1.165) is 0 Å². The van der Waals surface area contributed by atoms with Crippen molar-refractivity contribution in [3.05, 3.63) is 0 Å². The Labute approximate surface area is 47.2 Å². The van der Waals surface area contributed by atoms with Gasteiger partial charge < -0.3 is 0 Å². The molecule has 4 nitrogen and oxygen atoms in total. The van der Waals surface area contributed by atoms with E-state index in [1.54, 1.807) is 0 Å². The first-order valence-corrected chi connectivity index (χ1v) is 3.46. The van der Waals surface area contributed by atoms with Gasteiger partial charge in [0.1, 0.15) is 0 Å². The third kappa shape index (κ3) is 178. The van der Waals surface area contributed by atoms with Crippen molar-refractivity contribution in [3.63, 3.8) is 0 Å². The Kier molecular flexibility index (Phi) is 4.39. The second kappa shape index (κ2) is 2.70. The normalized spacial score (nSPS) is 9.67. The third-order valence-electron chi connectivity index (χ3n) is 0. The van der Waals surface area contributed by atoms with Crippen LogP contribution < -0.4 is 8.38 Å². The molecule has 0 heterocycles. The summed E-state index contributed by atoms with van der Waals surface area (Å²) in [6.45, 7) is 0. The van der Waals surface area contributed by atoms with Crippen molar-refractivity contribution in [2.45, 2.75) is 0 Å². The molecule has 6 heavy (non-hydrogen) atoms. The van der Waals surface area contributed by atoms with E-state index in [1.165, 1.54) is 0 Å². The average Bonchev–Trinajstić information content (AvgIpc) is 0.722. The van der Waals surface area contributed by atoms with Crippen LogP contribution in [0.15, 0.2) is 0 Å². The van der Waals surface area contributed by atoms with Gasteiger partial charge in [0.2, 0.25) is 0 Å². The van der Waals surface area contributed by atoms with Crippen LogP contribution in [0.25, 0.3) is 0 Å². The molecule has 0 aromatic carbocycles. The summed E-state index contributed by atoms with van der Waals surface area (Å²) in [5, 5.41) is 0. The summed E-state index contributed by atoms with van der Waals surface area (Å²) in [6, 6.07) is 0. The third-order valence-corrected chi connectivity index (χ3v) is 0. The molecular formula is AlO4Se+. The standard InChI is InChI=1S/Al.H2O4Se/c;1-5(2,3)4/h;(H2,1,2,3,4)/q+3;/p-2. The van der Waals surface area contributed by atoms with E-state index < -0.39 is 13.4 Å². The largest absolute Gasteiger partial charge is 3.00 e. The molecule has 0 spiro atoms. The van der Waals surface area contributed by atoms with Gasteiger partial charge in [0.05, 0.1) is 0 Å². The Balaban J connectivity index is 0. The zero-order chi connectivity index (χ0) is 4.50. The van der Waals surface area contributed by atoms with E-state index in [9.17, 15) is 0 Å². The molecule has 0 rings (SSSR count). The van der Waals surface area contributed by atoms with Crippen LogP contribution >= 0.6 is 0 Å². The van der Waals surface area contributed by atoms with Crippen LogP contribution in [0.4, 0.5) is 0 Å². The molecule has 0 aliphatic carbocycles. The van der Waals surface area contributed by atoms with Crippen LogP contribution in [0, 0.1) is 0 Å². The Bertz CT molecular complexity index is 90.7. The molecule has 0 aliphatic rings. The van der Waals surface area contributed by atoms with Gasteiger partial charge in [-0.25, -0.2) is 0 Å². The average molecular weight is 170 g/mol. The second-order valence-corrected chi connectivity index (χ2v) is 2.12. The summed E-state index contributed by atoms with van der Waals surface area (Å²) in [6.07, 6.45) is 0. The maximum absolute atomic E-state index is 8.59. The Hall–Kier alpha value is 0.572. The summed E-state index contributed by atoms with van der Waals surface area (Å²) in [4.78, 5) is 0. The Morgan fingerprint density at radius 3 is 1.17 bits per heavy atom. The van der Waals surface area contributed by atoms with E-state index in [0.29, 0.717) is 0 Å². The minimum atomic E-state index is -5.75. The van der Waals surface area contributed by atoms with Crippen molar-refractivity contribution in [1.82, 2.24) is 0 Å². The predicted octanol–water partition coefficient (Wildman–Crippen LogP) is -3.38. The van der Waals surface area contributed by atoms with E-state index in [2.05, 4.69) is 0 Å². The molecule has 0 saturated carbocycles. The first-order valence-electron chi connectivity index (χ1n) is 0.667. The molecule has 0 aromatic rings. The zero-order valence-corrected chi connectivity index (χ0v) is 5.49. The first kappa shape index (κ1) is 9.76. The summed E-state index contributed by atoms with van der Waals surface area (Å²) >= 11 is -5.75. The second-order valence-electron chi connectivity index (χ2n) is 0.408. The monoisotopic (exact) mass is 171 g/mol. The molecule has 6 heteroatoms. The van der Waals surface area contributed by atoms with Crippen molar-refractivity contribution < 1.29 is 16.0 Å². The van der Waals surface area contributed by atoms with Gasteiger partial charge in [0.15, 0.2) is 0 Å². The maximum atomic E-state index is 8.59. The van der Waals surface area contributed by atoms with Gasteiger partial charge in [-0.15, -0.1) is 0 Å². The van der Waals surface area contributed by atoms with Crippen LogP contribution in [0.2, 0.25) is 0 Å². The quantitative estimate of drug-likeness (QED) is 0.355. The van der Waals surface area contributed by atoms with Crippen molar-refractivity contribution in [1.29, 1.82) is 0 Å². The Morgan fingerprint density at radius 2 is 1.17 bits per heavy atom. The molecule has 0 unspecified atom stereocenters. The van der Waals surface area contributed by atoms with Crippen LogP contribution in [0.5, 0.6) is 0 Å². The van der Waals surface area contributed by atoms with Crippen molar-refractivity contribution in [3.8, 4) is 0 Å². The summed E-state index contributed by atoms with van der Waals surface area (Å²) < 4.78 is 34.4. The van der Waals surface area contributed by atoms with Crippen molar-refractivity contribution in [2.24, 2.45) is 0 Å². The molecule has 32 valence electrons. The number of hydrogen-bond donors (Lipinski definition) is 0. The van der Waals surface area contributed by atoms with E-state index in [1.807, 2.05) is 0 Å². The number of rotatable bonds is 0. The van der Waals surface area contributed by atoms with E-state index >= 15 is 0 Å². The van der Waals surface area contributed by atoms with Gasteiger partial charge in [0, 0.05) is 0 Å². The maximum Gasteiger partial charge on any atom is 3.00 e. The molecule has 0 fully saturated rings. The van der Waals surface area contributed by atoms with Crippen molar-refractivity contribution >= 4 is 30.7 Å². The van der Waals surface area contributed by atoms with Crippen LogP contribution in [-0.2, 0) is 7.67 Å². The fraction of sp³-hybridized carbons (Fsp3) is 0. The van der Waals surface area contributed by atoms with E-state index in [4.69, 9.17) is 16.0 Å². The molecule has 0 saturated heterocycles. The summed E-state index contributed by atoms with van der Waals surface area (Å²) in [7, 11) is 0. The van der Waals surface area contributed by atoms with Gasteiger partial charge in [-0.2, -0.15) is 0 Å². The molecule has 0 N–H and O–H groups in total. The summed E-state index contributed by atoms with van der Waals surface area (Å²) in [5.41, 5.74) is 0. The molecule has 0 aliphatic heterocycles. The van der Waals surface area contributed by atoms with Gasteiger partial charge in [-0.3, -0.25) is 0 Å². The van der Waals surface area contributed by atoms with Gasteiger partial charge >= 0.3 is 46.8 Å². The fourth-order valence-corrected chi connectivity index (χ4v) is 0. The minimum absolute atomic E-state index is 0. The molecule has 0 amide bonds. The molecular weight excluding hydrogens is 170 g/mol. The Morgan fingerprint density at radius 1 is 1.17 bits per heavy atom. The minimum Gasteiger partial charge on any atom is 3.00 e. The van der Waals surface area contributed by atoms with Gasteiger partial charge in [-0.1, -0.05) is 0 Å². The molecule has 0 aromatic heterocycles. The number of hydrogen-bond acceptors (Lipinski definition) is 4. The van der Waals surface area contributed by atoms with E-state index in [-0.39, 0.29) is 17.4 Å². The van der Waals surface area contributed by atoms with Gasteiger partial charge in [-0.05, 0) is 0 Å². The SMILES string of the molecule is O=[Se](=O)([O-])[O-].[Al+3]. The zero-order valence-electron chi connectivity index (χ0n) is 2.62. The predicted molar refractivity (Wildman–Crippen MR) is 12.9 cm³/mol. The van der Waals surface area contributed by atoms with Gasteiger partial charge in [0.25, 0.3) is 0 Å². The first-order chi connectivity index (χ1) is 2.00. The smallest absolute Gasteiger partial charge is 3.00 e. The molecule has 0 bridgehead atoms.